The van der Waals surface area contributed by atoms with Gasteiger partial charge >= 0.3 is 0 Å². The Morgan fingerprint density at radius 2 is 1.63 bits per heavy atom. The number of ketones is 1. The Labute approximate surface area is 109 Å². The van der Waals surface area contributed by atoms with Crippen molar-refractivity contribution in [2.24, 2.45) is 0 Å². The monoisotopic (exact) mass is 262 g/mol. The molecule has 2 nitrogen and oxygen atoms in total. The van der Waals surface area contributed by atoms with Gasteiger partial charge in [-0.15, -0.1) is 0 Å². The van der Waals surface area contributed by atoms with E-state index in [-0.39, 0.29) is 5.56 Å². The molecule has 0 bridgehead atoms. The highest BCUT2D eigenvalue weighted by Gasteiger charge is 2.13. The van der Waals surface area contributed by atoms with Gasteiger partial charge in [-0.1, -0.05) is 12.1 Å². The zero-order valence-electron chi connectivity index (χ0n) is 10.5. The van der Waals surface area contributed by atoms with E-state index < -0.39 is 17.4 Å². The van der Waals surface area contributed by atoms with Gasteiger partial charge in [0.1, 0.15) is 17.4 Å². The number of halogens is 2. The van der Waals surface area contributed by atoms with Crippen LogP contribution in [0.2, 0.25) is 0 Å². The molecule has 98 valence electrons. The van der Waals surface area contributed by atoms with Gasteiger partial charge in [0, 0.05) is 17.2 Å². The predicted molar refractivity (Wildman–Crippen MR) is 67.5 cm³/mol. The minimum Gasteiger partial charge on any atom is -0.496 e. The number of ether oxygens (including phenoxy) is 1. The molecule has 0 radical (unpaired) electrons. The van der Waals surface area contributed by atoms with Gasteiger partial charge in [-0.3, -0.25) is 4.79 Å². The molecular weight excluding hydrogens is 250 g/mol. The summed E-state index contributed by atoms with van der Waals surface area (Å²) >= 11 is 0. The molecule has 0 heterocycles. The normalized spacial score (nSPS) is 10.3. The molecule has 0 aromatic heterocycles. The molecule has 2 aromatic rings. The topological polar surface area (TPSA) is 26.3 Å². The van der Waals surface area contributed by atoms with Crippen molar-refractivity contribution < 1.29 is 18.3 Å². The Bertz CT molecular complexity index is 616. The highest BCUT2D eigenvalue weighted by atomic mass is 19.1. The second-order valence-electron chi connectivity index (χ2n) is 4.17. The summed E-state index contributed by atoms with van der Waals surface area (Å²) in [6, 6.07) is 7.63. The number of methoxy groups -OCH3 is 1. The molecular formula is C15H12F2O2. The molecule has 19 heavy (non-hydrogen) atoms. The van der Waals surface area contributed by atoms with Crippen molar-refractivity contribution in [3.63, 3.8) is 0 Å². The van der Waals surface area contributed by atoms with E-state index in [1.54, 1.807) is 18.2 Å². The molecule has 0 aliphatic carbocycles. The molecule has 0 amide bonds. The molecule has 0 fully saturated rings. The highest BCUT2D eigenvalue weighted by molar-refractivity contribution is 6.09. The van der Waals surface area contributed by atoms with Gasteiger partial charge in [0.15, 0.2) is 5.78 Å². The van der Waals surface area contributed by atoms with Crippen molar-refractivity contribution in [1.29, 1.82) is 0 Å². The van der Waals surface area contributed by atoms with Crippen LogP contribution in [0.1, 0.15) is 21.5 Å². The Morgan fingerprint density at radius 1 is 1.00 bits per heavy atom. The van der Waals surface area contributed by atoms with Crippen LogP contribution in [0.3, 0.4) is 0 Å². The molecule has 0 aliphatic rings. The van der Waals surface area contributed by atoms with Crippen molar-refractivity contribution in [1.82, 2.24) is 0 Å². The Hall–Kier alpha value is -2.23. The predicted octanol–water partition coefficient (Wildman–Crippen LogP) is 3.51. The summed E-state index contributed by atoms with van der Waals surface area (Å²) in [5.74, 6) is -1.44. The average molecular weight is 262 g/mol. The number of carbonyl (C=O) groups excluding carboxylic acids is 1. The van der Waals surface area contributed by atoms with E-state index in [4.69, 9.17) is 4.74 Å². The van der Waals surface area contributed by atoms with E-state index in [0.29, 0.717) is 11.3 Å². The first-order valence-corrected chi connectivity index (χ1v) is 5.66. The van der Waals surface area contributed by atoms with Crippen LogP contribution < -0.4 is 4.74 Å². The van der Waals surface area contributed by atoms with E-state index in [1.165, 1.54) is 7.11 Å². The van der Waals surface area contributed by atoms with Gasteiger partial charge in [-0.05, 0) is 30.7 Å². The van der Waals surface area contributed by atoms with Crippen molar-refractivity contribution in [3.8, 4) is 5.75 Å². The van der Waals surface area contributed by atoms with Crippen LogP contribution in [-0.2, 0) is 0 Å². The van der Waals surface area contributed by atoms with Crippen LogP contribution in [0.25, 0.3) is 0 Å². The average Bonchev–Trinajstić information content (AvgIpc) is 2.37. The Balaban J connectivity index is 2.43. The quantitative estimate of drug-likeness (QED) is 0.791. The van der Waals surface area contributed by atoms with Gasteiger partial charge in [0.05, 0.1) is 7.11 Å². The molecule has 0 N–H and O–H groups in total. The van der Waals surface area contributed by atoms with Gasteiger partial charge in [-0.2, -0.15) is 0 Å². The van der Waals surface area contributed by atoms with Gasteiger partial charge in [0.2, 0.25) is 0 Å². The fraction of sp³-hybridized carbons (Fsp3) is 0.133. The lowest BCUT2D eigenvalue weighted by Gasteiger charge is -2.07. The van der Waals surface area contributed by atoms with Gasteiger partial charge < -0.3 is 4.74 Å². The van der Waals surface area contributed by atoms with E-state index in [1.807, 2.05) is 6.92 Å². The summed E-state index contributed by atoms with van der Waals surface area (Å²) in [5, 5.41) is 0. The Kier molecular flexibility index (Phi) is 3.60. The van der Waals surface area contributed by atoms with E-state index in [2.05, 4.69) is 0 Å². The summed E-state index contributed by atoms with van der Waals surface area (Å²) in [6.07, 6.45) is 0. The van der Waals surface area contributed by atoms with Crippen LogP contribution >= 0.6 is 0 Å². The third-order valence-corrected chi connectivity index (χ3v) is 2.79. The third-order valence-electron chi connectivity index (χ3n) is 2.79. The molecule has 4 heteroatoms. The molecule has 0 saturated heterocycles. The molecule has 0 spiro atoms. The number of benzene rings is 2. The lowest BCUT2D eigenvalue weighted by molar-refractivity contribution is 0.103. The minimum atomic E-state index is -0.776. The third kappa shape index (κ3) is 2.78. The summed E-state index contributed by atoms with van der Waals surface area (Å²) in [5.41, 5.74) is 1.18. The van der Waals surface area contributed by atoms with Crippen molar-refractivity contribution >= 4 is 5.78 Å². The van der Waals surface area contributed by atoms with Crippen LogP contribution in [0.4, 0.5) is 8.78 Å². The SMILES string of the molecule is COc1cc(C(=O)c2cc(F)cc(F)c2)ccc1C. The van der Waals surface area contributed by atoms with E-state index in [9.17, 15) is 13.6 Å². The van der Waals surface area contributed by atoms with Gasteiger partial charge in [0.25, 0.3) is 0 Å². The largest absolute Gasteiger partial charge is 0.496 e. The minimum absolute atomic E-state index is 0.0246. The zero-order valence-corrected chi connectivity index (χ0v) is 10.5. The fourth-order valence-corrected chi connectivity index (χ4v) is 1.81. The van der Waals surface area contributed by atoms with E-state index in [0.717, 1.165) is 23.8 Å². The molecule has 0 saturated carbocycles. The number of hydrogen-bond donors (Lipinski definition) is 0. The first kappa shape index (κ1) is 13.2. The summed E-state index contributed by atoms with van der Waals surface area (Å²) in [7, 11) is 1.50. The van der Waals surface area contributed by atoms with Crippen molar-refractivity contribution in [2.45, 2.75) is 6.92 Å². The number of aryl methyl sites for hydroxylation is 1. The highest BCUT2D eigenvalue weighted by Crippen LogP contribution is 2.21. The standard InChI is InChI=1S/C15H12F2O2/c1-9-3-4-10(7-14(9)19-2)15(18)11-5-12(16)8-13(17)6-11/h3-8H,1-2H3. The molecule has 0 aliphatic heterocycles. The second kappa shape index (κ2) is 5.18. The fourth-order valence-electron chi connectivity index (χ4n) is 1.81. The van der Waals surface area contributed by atoms with Crippen LogP contribution in [0.5, 0.6) is 5.75 Å². The summed E-state index contributed by atoms with van der Waals surface area (Å²) in [4.78, 5) is 12.1. The molecule has 2 aromatic carbocycles. The summed E-state index contributed by atoms with van der Waals surface area (Å²) in [6.45, 7) is 1.84. The zero-order chi connectivity index (χ0) is 14.0. The van der Waals surface area contributed by atoms with E-state index >= 15 is 0 Å². The maximum absolute atomic E-state index is 13.1. The van der Waals surface area contributed by atoms with Crippen LogP contribution in [0, 0.1) is 18.6 Å². The van der Waals surface area contributed by atoms with Gasteiger partial charge in [-0.25, -0.2) is 8.78 Å². The number of rotatable bonds is 3. The first-order valence-electron chi connectivity index (χ1n) is 5.66. The second-order valence-corrected chi connectivity index (χ2v) is 4.17. The Morgan fingerprint density at radius 3 is 2.21 bits per heavy atom. The lowest BCUT2D eigenvalue weighted by atomic mass is 10.0. The smallest absolute Gasteiger partial charge is 0.193 e. The molecule has 2 rings (SSSR count). The number of carbonyl (C=O) groups is 1. The first-order chi connectivity index (χ1) is 9.01. The van der Waals surface area contributed by atoms with Crippen molar-refractivity contribution in [2.75, 3.05) is 7.11 Å². The maximum Gasteiger partial charge on any atom is 0.193 e. The lowest BCUT2D eigenvalue weighted by Crippen LogP contribution is -2.03. The number of hydrogen-bond acceptors (Lipinski definition) is 2. The molecule has 0 atom stereocenters. The summed E-state index contributed by atoms with van der Waals surface area (Å²) < 4.78 is 31.3. The van der Waals surface area contributed by atoms with Crippen LogP contribution in [-0.4, -0.2) is 12.9 Å². The maximum atomic E-state index is 13.1. The molecule has 0 unspecified atom stereocenters. The van der Waals surface area contributed by atoms with Crippen LogP contribution in [0.15, 0.2) is 36.4 Å². The van der Waals surface area contributed by atoms with Crippen molar-refractivity contribution in [3.05, 3.63) is 64.7 Å².